The zero-order chi connectivity index (χ0) is 13.0. The van der Waals surface area contributed by atoms with Crippen LogP contribution in [0.15, 0.2) is 28.7 Å². The van der Waals surface area contributed by atoms with E-state index in [2.05, 4.69) is 15.9 Å². The highest BCUT2D eigenvalue weighted by Gasteiger charge is 2.24. The van der Waals surface area contributed by atoms with E-state index in [0.717, 1.165) is 4.47 Å². The van der Waals surface area contributed by atoms with E-state index < -0.39 is 11.9 Å². The third kappa shape index (κ3) is 3.28. The second-order valence-corrected chi connectivity index (χ2v) is 4.38. The SMILES string of the molecule is CON(C(=O)c1ccc(Br)cc1)C(=O)N(C)C. The molecule has 0 heterocycles. The molecule has 0 fully saturated rings. The molecule has 0 aliphatic carbocycles. The first-order valence-electron chi connectivity index (χ1n) is 4.82. The fourth-order valence-corrected chi connectivity index (χ4v) is 1.40. The number of rotatable bonds is 2. The van der Waals surface area contributed by atoms with Crippen molar-refractivity contribution in [3.05, 3.63) is 34.3 Å². The Morgan fingerprint density at radius 2 is 1.71 bits per heavy atom. The van der Waals surface area contributed by atoms with Crippen molar-refractivity contribution < 1.29 is 14.4 Å². The Balaban J connectivity index is 2.94. The first kappa shape index (κ1) is 13.7. The Morgan fingerprint density at radius 1 is 1.18 bits per heavy atom. The number of imide groups is 1. The molecule has 6 heteroatoms. The number of hydroxylamine groups is 2. The summed E-state index contributed by atoms with van der Waals surface area (Å²) < 4.78 is 0.858. The standard InChI is InChI=1S/C11H13BrN2O3/c1-13(2)11(16)14(17-3)10(15)8-4-6-9(12)7-5-8/h4-7H,1-3H3. The summed E-state index contributed by atoms with van der Waals surface area (Å²) in [6, 6.07) is 6.14. The van der Waals surface area contributed by atoms with Gasteiger partial charge in [0.1, 0.15) is 0 Å². The molecule has 1 aromatic rings. The van der Waals surface area contributed by atoms with E-state index in [-0.39, 0.29) is 0 Å². The largest absolute Gasteiger partial charge is 0.351 e. The number of carbonyl (C=O) groups excluding carboxylic acids is 2. The lowest BCUT2D eigenvalue weighted by Crippen LogP contribution is -2.42. The van der Waals surface area contributed by atoms with Crippen LogP contribution >= 0.6 is 15.9 Å². The lowest BCUT2D eigenvalue weighted by Gasteiger charge is -2.21. The van der Waals surface area contributed by atoms with Crippen LogP contribution in [0.2, 0.25) is 0 Å². The van der Waals surface area contributed by atoms with Gasteiger partial charge in [-0.05, 0) is 24.3 Å². The van der Waals surface area contributed by atoms with Crippen LogP contribution in [0.25, 0.3) is 0 Å². The number of carbonyl (C=O) groups is 2. The maximum absolute atomic E-state index is 12.0. The minimum absolute atomic E-state index is 0.380. The lowest BCUT2D eigenvalue weighted by molar-refractivity contribution is -0.0655. The van der Waals surface area contributed by atoms with Gasteiger partial charge in [0, 0.05) is 24.1 Å². The topological polar surface area (TPSA) is 49.9 Å². The van der Waals surface area contributed by atoms with Crippen LogP contribution < -0.4 is 0 Å². The van der Waals surface area contributed by atoms with Gasteiger partial charge in [0.25, 0.3) is 5.91 Å². The third-order valence-corrected chi connectivity index (χ3v) is 2.54. The molecule has 3 amide bonds. The van der Waals surface area contributed by atoms with Crippen molar-refractivity contribution in [2.24, 2.45) is 0 Å². The van der Waals surface area contributed by atoms with Gasteiger partial charge in [0.2, 0.25) is 0 Å². The van der Waals surface area contributed by atoms with Crippen molar-refractivity contribution in [3.8, 4) is 0 Å². The molecule has 0 bridgehead atoms. The van der Waals surface area contributed by atoms with E-state index in [1.54, 1.807) is 38.4 Å². The molecule has 1 rings (SSSR count). The molecule has 0 atom stereocenters. The quantitative estimate of drug-likeness (QED) is 0.786. The Hall–Kier alpha value is -1.40. The second-order valence-electron chi connectivity index (χ2n) is 3.47. The highest BCUT2D eigenvalue weighted by atomic mass is 79.9. The van der Waals surface area contributed by atoms with Crippen molar-refractivity contribution in [1.82, 2.24) is 9.96 Å². The van der Waals surface area contributed by atoms with Crippen LogP contribution in [0.4, 0.5) is 4.79 Å². The molecule has 92 valence electrons. The van der Waals surface area contributed by atoms with E-state index in [0.29, 0.717) is 10.6 Å². The van der Waals surface area contributed by atoms with E-state index in [9.17, 15) is 9.59 Å². The summed E-state index contributed by atoms with van der Waals surface area (Å²) in [6.07, 6.45) is 0. The molecule has 0 saturated carbocycles. The Labute approximate surface area is 108 Å². The Morgan fingerprint density at radius 3 is 2.12 bits per heavy atom. The Kier molecular flexibility index (Phi) is 4.65. The monoisotopic (exact) mass is 300 g/mol. The van der Waals surface area contributed by atoms with Gasteiger partial charge in [-0.15, -0.1) is 5.06 Å². The average Bonchev–Trinajstić information content (AvgIpc) is 2.30. The van der Waals surface area contributed by atoms with Crippen LogP contribution in [0.5, 0.6) is 0 Å². The molecule has 0 aromatic heterocycles. The number of nitrogens with zero attached hydrogens (tertiary/aromatic N) is 2. The fourth-order valence-electron chi connectivity index (χ4n) is 1.14. The summed E-state index contributed by atoms with van der Waals surface area (Å²) in [5.41, 5.74) is 0.380. The van der Waals surface area contributed by atoms with Gasteiger partial charge in [0.05, 0.1) is 7.11 Å². The molecule has 0 radical (unpaired) electrons. The minimum atomic E-state index is -0.527. The first-order chi connectivity index (χ1) is 7.97. The highest BCUT2D eigenvalue weighted by Crippen LogP contribution is 2.13. The summed E-state index contributed by atoms with van der Waals surface area (Å²) in [5.74, 6) is -0.501. The molecule has 0 aliphatic heterocycles. The van der Waals surface area contributed by atoms with E-state index in [4.69, 9.17) is 4.84 Å². The normalized spacial score (nSPS) is 9.88. The van der Waals surface area contributed by atoms with Gasteiger partial charge in [-0.2, -0.15) is 0 Å². The number of benzene rings is 1. The van der Waals surface area contributed by atoms with Gasteiger partial charge in [-0.1, -0.05) is 15.9 Å². The number of amides is 3. The molecule has 5 nitrogen and oxygen atoms in total. The van der Waals surface area contributed by atoms with Crippen molar-refractivity contribution in [1.29, 1.82) is 0 Å². The fraction of sp³-hybridized carbons (Fsp3) is 0.273. The van der Waals surface area contributed by atoms with Crippen molar-refractivity contribution in [2.45, 2.75) is 0 Å². The van der Waals surface area contributed by atoms with E-state index >= 15 is 0 Å². The van der Waals surface area contributed by atoms with Gasteiger partial charge in [0.15, 0.2) is 0 Å². The predicted octanol–water partition coefficient (Wildman–Crippen LogP) is 2.13. The predicted molar refractivity (Wildman–Crippen MR) is 66.4 cm³/mol. The molecule has 0 saturated heterocycles. The van der Waals surface area contributed by atoms with Crippen LogP contribution in [-0.2, 0) is 4.84 Å². The van der Waals surface area contributed by atoms with Crippen LogP contribution in [-0.4, -0.2) is 43.1 Å². The smallest absolute Gasteiger partial charge is 0.329 e. The maximum atomic E-state index is 12.0. The van der Waals surface area contributed by atoms with Gasteiger partial charge < -0.3 is 4.90 Å². The summed E-state index contributed by atoms with van der Waals surface area (Å²) in [7, 11) is 4.37. The Bertz CT molecular complexity index is 417. The molecule has 0 spiro atoms. The van der Waals surface area contributed by atoms with Crippen LogP contribution in [0, 0.1) is 0 Å². The number of hydrogen-bond acceptors (Lipinski definition) is 3. The molecule has 1 aromatic carbocycles. The van der Waals surface area contributed by atoms with Crippen molar-refractivity contribution >= 4 is 27.9 Å². The van der Waals surface area contributed by atoms with Gasteiger partial charge in [-0.3, -0.25) is 9.63 Å². The summed E-state index contributed by atoms with van der Waals surface area (Å²) in [6.45, 7) is 0. The number of hydrogen-bond donors (Lipinski definition) is 0. The summed E-state index contributed by atoms with van der Waals surface area (Å²) in [4.78, 5) is 29.7. The van der Waals surface area contributed by atoms with Gasteiger partial charge in [-0.25, -0.2) is 4.79 Å². The van der Waals surface area contributed by atoms with Gasteiger partial charge >= 0.3 is 6.03 Å². The van der Waals surface area contributed by atoms with E-state index in [1.165, 1.54) is 12.0 Å². The summed E-state index contributed by atoms with van der Waals surface area (Å²) in [5, 5.41) is 0.712. The molecule has 0 aliphatic rings. The molecule has 17 heavy (non-hydrogen) atoms. The lowest BCUT2D eigenvalue weighted by atomic mass is 10.2. The van der Waals surface area contributed by atoms with Crippen molar-refractivity contribution in [3.63, 3.8) is 0 Å². The summed E-state index contributed by atoms with van der Waals surface area (Å²) >= 11 is 3.27. The average molecular weight is 301 g/mol. The zero-order valence-electron chi connectivity index (χ0n) is 9.81. The number of urea groups is 1. The van der Waals surface area contributed by atoms with Crippen LogP contribution in [0.3, 0.4) is 0 Å². The number of halogens is 1. The zero-order valence-corrected chi connectivity index (χ0v) is 11.4. The minimum Gasteiger partial charge on any atom is -0.329 e. The van der Waals surface area contributed by atoms with Crippen molar-refractivity contribution in [2.75, 3.05) is 21.2 Å². The molecule has 0 N–H and O–H groups in total. The molecular weight excluding hydrogens is 288 g/mol. The first-order valence-corrected chi connectivity index (χ1v) is 5.62. The highest BCUT2D eigenvalue weighted by molar-refractivity contribution is 9.10. The third-order valence-electron chi connectivity index (χ3n) is 2.01. The maximum Gasteiger partial charge on any atom is 0.351 e. The van der Waals surface area contributed by atoms with Crippen LogP contribution in [0.1, 0.15) is 10.4 Å². The molecular formula is C11H13BrN2O3. The molecule has 0 unspecified atom stereocenters. The second kappa shape index (κ2) is 5.79. The van der Waals surface area contributed by atoms with E-state index in [1.807, 2.05) is 0 Å².